The molecule has 0 amide bonds. The molecule has 0 bridgehead atoms. The van der Waals surface area contributed by atoms with Crippen LogP contribution in [0.25, 0.3) is 48.6 Å². The van der Waals surface area contributed by atoms with Gasteiger partial charge in [0.25, 0.3) is 0 Å². The minimum atomic E-state index is -0.413. The Kier molecular flexibility index (Phi) is 6.99. The number of halogens is 2. The maximum Gasteiger partial charge on any atom is 0.192 e. The minimum absolute atomic E-state index is 0.246. The lowest BCUT2D eigenvalue weighted by Crippen LogP contribution is -2.53. The Morgan fingerprint density at radius 2 is 1.36 bits per heavy atom. The van der Waals surface area contributed by atoms with Crippen LogP contribution >= 0.6 is 22.7 Å². The lowest BCUT2D eigenvalue weighted by molar-refractivity contribution is 0.245. The summed E-state index contributed by atoms with van der Waals surface area (Å²) >= 11 is 3.59. The van der Waals surface area contributed by atoms with Crippen molar-refractivity contribution in [1.82, 2.24) is 44.6 Å². The van der Waals surface area contributed by atoms with Crippen LogP contribution in [0.4, 0.5) is 8.78 Å². The number of aromatic nitrogens is 7. The molecule has 1 aromatic carbocycles. The molecule has 2 saturated heterocycles. The standard InChI is InChI=1S/C36H33F2N9OS2/c1-18-14-45-15-23(10-25(38)36(45)41-18)47-17-34-29(44-47)13-32(50-34)21-4-6-40-27(8-21)26-7-20(3-5-39-26)31-12-28-33(49-31)16-46(43-28)22-9-24(37)35-30(11-22)48-19(2)42-35/h9-17,20-21,26-27,39-40H,3-8H2,1-2H3. The zero-order valence-electron chi connectivity index (χ0n) is 27.4. The van der Waals surface area contributed by atoms with Gasteiger partial charge in [-0.3, -0.25) is 0 Å². The van der Waals surface area contributed by atoms with Crippen molar-refractivity contribution in [3.05, 3.63) is 88.1 Å². The van der Waals surface area contributed by atoms with Crippen molar-refractivity contribution in [2.24, 2.45) is 0 Å². The van der Waals surface area contributed by atoms with Gasteiger partial charge in [-0.25, -0.2) is 28.1 Å². The lowest BCUT2D eigenvalue weighted by Gasteiger charge is -2.40. The third-order valence-electron chi connectivity index (χ3n) is 10.3. The molecule has 0 spiro atoms. The highest BCUT2D eigenvalue weighted by molar-refractivity contribution is 7.19. The van der Waals surface area contributed by atoms with Crippen molar-refractivity contribution < 1.29 is 13.2 Å². The van der Waals surface area contributed by atoms with Gasteiger partial charge >= 0.3 is 0 Å². The number of nitrogens with one attached hydrogen (secondary N) is 2. The predicted octanol–water partition coefficient (Wildman–Crippen LogP) is 7.54. The molecule has 4 atom stereocenters. The van der Waals surface area contributed by atoms with Crippen molar-refractivity contribution in [3.8, 4) is 11.4 Å². The van der Waals surface area contributed by atoms with Gasteiger partial charge in [0, 0.05) is 71.7 Å². The van der Waals surface area contributed by atoms with Gasteiger partial charge in [-0.2, -0.15) is 10.2 Å². The number of fused-ring (bicyclic) bond motifs is 4. The molecule has 2 fully saturated rings. The summed E-state index contributed by atoms with van der Waals surface area (Å²) in [6, 6.07) is 9.94. The van der Waals surface area contributed by atoms with Crippen molar-refractivity contribution in [1.29, 1.82) is 0 Å². The van der Waals surface area contributed by atoms with Gasteiger partial charge in [0.05, 0.1) is 26.5 Å². The number of hydrogen-bond donors (Lipinski definition) is 2. The summed E-state index contributed by atoms with van der Waals surface area (Å²) in [5.41, 5.74) is 4.94. The van der Waals surface area contributed by atoms with E-state index in [2.05, 4.69) is 32.7 Å². The Balaban J connectivity index is 0.835. The molecule has 0 aliphatic carbocycles. The molecular weight excluding hydrogens is 677 g/mol. The number of imidazole rings is 1. The number of rotatable bonds is 5. The van der Waals surface area contributed by atoms with E-state index < -0.39 is 5.82 Å². The fraction of sp³-hybridized carbons (Fsp3) is 0.333. The summed E-state index contributed by atoms with van der Waals surface area (Å²) in [5.74, 6) is 0.594. The van der Waals surface area contributed by atoms with Gasteiger partial charge in [-0.05, 0) is 69.7 Å². The van der Waals surface area contributed by atoms with Gasteiger partial charge in [0.15, 0.2) is 28.8 Å². The quantitative estimate of drug-likeness (QED) is 0.190. The molecule has 14 heteroatoms. The van der Waals surface area contributed by atoms with Crippen molar-refractivity contribution in [3.63, 3.8) is 0 Å². The Bertz CT molecular complexity index is 2330. The molecule has 10 rings (SSSR count). The molecule has 0 radical (unpaired) electrons. The van der Waals surface area contributed by atoms with E-state index in [0.717, 1.165) is 64.9 Å². The van der Waals surface area contributed by atoms with Crippen molar-refractivity contribution >= 4 is 59.9 Å². The zero-order valence-corrected chi connectivity index (χ0v) is 29.0. The average Bonchev–Trinajstić information content (AvgIpc) is 3.94. The van der Waals surface area contributed by atoms with Crippen LogP contribution in [0.15, 0.2) is 59.5 Å². The van der Waals surface area contributed by atoms with Crippen LogP contribution < -0.4 is 10.6 Å². The van der Waals surface area contributed by atoms with Crippen molar-refractivity contribution in [2.45, 2.75) is 63.5 Å². The first-order valence-corrected chi connectivity index (χ1v) is 18.6. The van der Waals surface area contributed by atoms with E-state index in [0.29, 0.717) is 52.4 Å². The average molecular weight is 710 g/mol. The first-order valence-electron chi connectivity index (χ1n) is 17.0. The zero-order chi connectivity index (χ0) is 33.7. The van der Waals surface area contributed by atoms with Crippen LogP contribution in [0.1, 0.15) is 58.9 Å². The Morgan fingerprint density at radius 3 is 2.00 bits per heavy atom. The van der Waals surface area contributed by atoms with Gasteiger partial charge in [-0.1, -0.05) is 0 Å². The highest BCUT2D eigenvalue weighted by atomic mass is 32.1. The predicted molar refractivity (Wildman–Crippen MR) is 191 cm³/mol. The molecule has 8 aromatic rings. The normalized spacial score (nSPS) is 21.8. The van der Waals surface area contributed by atoms with Gasteiger partial charge < -0.3 is 19.5 Å². The number of benzene rings is 1. The molecule has 2 aliphatic rings. The van der Waals surface area contributed by atoms with Crippen LogP contribution in [-0.4, -0.2) is 59.1 Å². The summed E-state index contributed by atoms with van der Waals surface area (Å²) in [5, 5.41) is 17.3. The minimum Gasteiger partial charge on any atom is -0.441 e. The summed E-state index contributed by atoms with van der Waals surface area (Å²) < 4.78 is 42.5. The third kappa shape index (κ3) is 5.15. The second-order valence-electron chi connectivity index (χ2n) is 13.7. The van der Waals surface area contributed by atoms with E-state index in [1.807, 2.05) is 31.7 Å². The number of aryl methyl sites for hydroxylation is 2. The molecule has 2 aliphatic heterocycles. The SMILES string of the molecule is Cc1cn2cc(-n3cc4sc(C5CCNC(C6CC(c7cc8nn(-c9cc(F)c%10nc(C)oc%10c9)cc8s7)CCN6)C5)cc4n3)cc(F)c2n1. The van der Waals surface area contributed by atoms with Gasteiger partial charge in [-0.15, -0.1) is 22.7 Å². The Hall–Kier alpha value is -4.50. The van der Waals surface area contributed by atoms with E-state index in [4.69, 9.17) is 14.6 Å². The monoisotopic (exact) mass is 709 g/mol. The van der Waals surface area contributed by atoms with Gasteiger partial charge in [0.1, 0.15) is 16.6 Å². The summed E-state index contributed by atoms with van der Waals surface area (Å²) in [7, 11) is 0. The fourth-order valence-electron chi connectivity index (χ4n) is 7.89. The summed E-state index contributed by atoms with van der Waals surface area (Å²) in [6.45, 7) is 5.53. The number of oxazole rings is 1. The first-order chi connectivity index (χ1) is 24.3. The Morgan fingerprint density at radius 1 is 0.740 bits per heavy atom. The summed E-state index contributed by atoms with van der Waals surface area (Å²) in [6.07, 6.45) is 12.0. The maximum absolute atomic E-state index is 14.8. The second-order valence-corrected chi connectivity index (χ2v) is 15.9. The molecule has 9 heterocycles. The number of nitrogens with zero attached hydrogens (tertiary/aromatic N) is 7. The van der Waals surface area contributed by atoms with Crippen LogP contribution in [0, 0.1) is 25.5 Å². The first kappa shape index (κ1) is 30.3. The van der Waals surface area contributed by atoms with Crippen LogP contribution in [-0.2, 0) is 0 Å². The second kappa shape index (κ2) is 11.5. The van der Waals surface area contributed by atoms with E-state index in [-0.39, 0.29) is 11.3 Å². The molecule has 0 saturated carbocycles. The van der Waals surface area contributed by atoms with E-state index in [1.54, 1.807) is 49.4 Å². The van der Waals surface area contributed by atoms with Crippen LogP contribution in [0.3, 0.4) is 0 Å². The van der Waals surface area contributed by atoms with Crippen LogP contribution in [0.5, 0.6) is 0 Å². The molecule has 4 unspecified atom stereocenters. The third-order valence-corrected chi connectivity index (χ3v) is 12.7. The Labute approximate surface area is 292 Å². The van der Waals surface area contributed by atoms with Crippen LogP contribution in [0.2, 0.25) is 0 Å². The van der Waals surface area contributed by atoms with Crippen molar-refractivity contribution in [2.75, 3.05) is 13.1 Å². The molecule has 2 N–H and O–H groups in total. The molecular formula is C36H33F2N9OS2. The maximum atomic E-state index is 14.8. The van der Waals surface area contributed by atoms with E-state index in [1.165, 1.54) is 21.9 Å². The molecule has 50 heavy (non-hydrogen) atoms. The van der Waals surface area contributed by atoms with Gasteiger partial charge in [0.2, 0.25) is 0 Å². The molecule has 7 aromatic heterocycles. The number of thiophene rings is 2. The smallest absolute Gasteiger partial charge is 0.192 e. The largest absolute Gasteiger partial charge is 0.441 e. The fourth-order valence-corrected chi connectivity index (χ4v) is 10.2. The molecule has 10 nitrogen and oxygen atoms in total. The number of pyridine rings is 1. The highest BCUT2D eigenvalue weighted by Crippen LogP contribution is 2.41. The molecule has 254 valence electrons. The topological polar surface area (TPSA) is 103 Å². The number of piperidine rings is 2. The van der Waals surface area contributed by atoms with E-state index >= 15 is 0 Å². The lowest BCUT2D eigenvalue weighted by atomic mass is 9.81. The summed E-state index contributed by atoms with van der Waals surface area (Å²) in [4.78, 5) is 11.1. The number of hydrogen-bond acceptors (Lipinski definition) is 9. The van der Waals surface area contributed by atoms with E-state index in [9.17, 15) is 8.78 Å². The highest BCUT2D eigenvalue weighted by Gasteiger charge is 2.34.